The van der Waals surface area contributed by atoms with Crippen molar-refractivity contribution in [2.75, 3.05) is 13.1 Å². The molecule has 3 rings (SSSR count). The Kier molecular flexibility index (Phi) is 6.75. The first-order valence-corrected chi connectivity index (χ1v) is 11.7. The van der Waals surface area contributed by atoms with Gasteiger partial charge in [-0.25, -0.2) is 8.42 Å². The minimum atomic E-state index is -3.61. The Bertz CT molecular complexity index is 926. The molecule has 29 heavy (non-hydrogen) atoms. The van der Waals surface area contributed by atoms with Crippen molar-refractivity contribution in [3.8, 4) is 0 Å². The van der Waals surface area contributed by atoms with Crippen LogP contribution in [0.1, 0.15) is 44.2 Å². The van der Waals surface area contributed by atoms with E-state index in [4.69, 9.17) is 0 Å². The van der Waals surface area contributed by atoms with Gasteiger partial charge in [-0.3, -0.25) is 4.79 Å². The first kappa shape index (κ1) is 21.5. The number of aryl methyl sites for hydroxylation is 1. The van der Waals surface area contributed by atoms with Gasteiger partial charge in [-0.05, 0) is 49.4 Å². The summed E-state index contributed by atoms with van der Waals surface area (Å²) in [6, 6.07) is 16.9. The van der Waals surface area contributed by atoms with Gasteiger partial charge in [-0.1, -0.05) is 55.8 Å². The quantitative estimate of drug-likeness (QED) is 0.750. The van der Waals surface area contributed by atoms with Crippen LogP contribution in [0.2, 0.25) is 0 Å². The number of amides is 1. The molecular weight excluding hydrogens is 384 g/mol. The molecule has 0 bridgehead atoms. The molecule has 6 heteroatoms. The number of sulfonamides is 1. The molecule has 5 nitrogen and oxygen atoms in total. The van der Waals surface area contributed by atoms with Crippen LogP contribution in [0.4, 0.5) is 0 Å². The van der Waals surface area contributed by atoms with Crippen molar-refractivity contribution in [2.24, 2.45) is 5.41 Å². The third-order valence-electron chi connectivity index (χ3n) is 5.61. The van der Waals surface area contributed by atoms with E-state index in [0.29, 0.717) is 30.8 Å². The SMILES string of the molecule is CCCc1ccc(S(=O)(=O)N2CCC[C@](C)(C(=O)NCc3ccccc3)C2)cc1. The van der Waals surface area contributed by atoms with Crippen LogP contribution in [0, 0.1) is 5.41 Å². The molecule has 0 saturated carbocycles. The average molecular weight is 415 g/mol. The molecule has 0 spiro atoms. The predicted octanol–water partition coefficient (Wildman–Crippen LogP) is 3.75. The van der Waals surface area contributed by atoms with Gasteiger partial charge < -0.3 is 5.32 Å². The van der Waals surface area contributed by atoms with E-state index < -0.39 is 15.4 Å². The van der Waals surface area contributed by atoms with Gasteiger partial charge >= 0.3 is 0 Å². The molecule has 2 aromatic rings. The maximum Gasteiger partial charge on any atom is 0.243 e. The second-order valence-electron chi connectivity index (χ2n) is 8.07. The number of piperidine rings is 1. The van der Waals surface area contributed by atoms with E-state index in [0.717, 1.165) is 24.0 Å². The molecule has 0 aromatic heterocycles. The van der Waals surface area contributed by atoms with Gasteiger partial charge in [-0.15, -0.1) is 0 Å². The van der Waals surface area contributed by atoms with Crippen molar-refractivity contribution in [1.29, 1.82) is 0 Å². The van der Waals surface area contributed by atoms with E-state index in [-0.39, 0.29) is 12.5 Å². The van der Waals surface area contributed by atoms with Crippen molar-refractivity contribution in [3.05, 3.63) is 65.7 Å². The highest BCUT2D eigenvalue weighted by Gasteiger charge is 2.41. The summed E-state index contributed by atoms with van der Waals surface area (Å²) in [5.74, 6) is -0.0976. The summed E-state index contributed by atoms with van der Waals surface area (Å²) in [5.41, 5.74) is 1.43. The Hall–Kier alpha value is -2.18. The molecule has 1 N–H and O–H groups in total. The van der Waals surface area contributed by atoms with Crippen molar-refractivity contribution < 1.29 is 13.2 Å². The summed E-state index contributed by atoms with van der Waals surface area (Å²) in [6.45, 7) is 5.05. The van der Waals surface area contributed by atoms with Crippen LogP contribution in [0.3, 0.4) is 0 Å². The summed E-state index contributed by atoms with van der Waals surface area (Å²) in [5, 5.41) is 2.98. The van der Waals surface area contributed by atoms with Crippen LogP contribution in [0.5, 0.6) is 0 Å². The van der Waals surface area contributed by atoms with E-state index in [2.05, 4.69) is 12.2 Å². The number of nitrogens with zero attached hydrogens (tertiary/aromatic N) is 1. The Balaban J connectivity index is 1.70. The Morgan fingerprint density at radius 1 is 1.07 bits per heavy atom. The van der Waals surface area contributed by atoms with Gasteiger partial charge in [-0.2, -0.15) is 4.31 Å². The summed E-state index contributed by atoms with van der Waals surface area (Å²) in [4.78, 5) is 13.2. The monoisotopic (exact) mass is 414 g/mol. The molecule has 1 fully saturated rings. The molecule has 1 amide bonds. The molecule has 1 atom stereocenters. The summed E-state index contributed by atoms with van der Waals surface area (Å²) in [6.07, 6.45) is 3.30. The number of carbonyl (C=O) groups is 1. The second kappa shape index (κ2) is 9.09. The maximum absolute atomic E-state index is 13.1. The number of carbonyl (C=O) groups excluding carboxylic acids is 1. The first-order chi connectivity index (χ1) is 13.8. The van der Waals surface area contributed by atoms with Gasteiger partial charge in [0.15, 0.2) is 0 Å². The molecular formula is C23H30N2O3S. The number of hydrogen-bond acceptors (Lipinski definition) is 3. The number of hydrogen-bond donors (Lipinski definition) is 1. The second-order valence-corrected chi connectivity index (χ2v) is 10.0. The van der Waals surface area contributed by atoms with Crippen molar-refractivity contribution >= 4 is 15.9 Å². The van der Waals surface area contributed by atoms with Gasteiger partial charge in [0, 0.05) is 19.6 Å². The number of nitrogens with one attached hydrogen (secondary N) is 1. The smallest absolute Gasteiger partial charge is 0.243 e. The van der Waals surface area contributed by atoms with Gasteiger partial charge in [0.05, 0.1) is 10.3 Å². The Labute approximate surface area is 174 Å². The zero-order valence-corrected chi connectivity index (χ0v) is 18.0. The van der Waals surface area contributed by atoms with E-state index in [1.807, 2.05) is 49.4 Å². The standard InChI is InChI=1S/C23H30N2O3S/c1-3-8-19-11-13-21(14-12-19)29(27,28)25-16-7-15-23(2,18-25)22(26)24-17-20-9-5-4-6-10-20/h4-6,9-14H,3,7-8,15-18H2,1-2H3,(H,24,26)/t23-/m0/s1. The average Bonchev–Trinajstić information content (AvgIpc) is 2.73. The lowest BCUT2D eigenvalue weighted by Crippen LogP contribution is -2.51. The van der Waals surface area contributed by atoms with Gasteiger partial charge in [0.1, 0.15) is 0 Å². The fourth-order valence-electron chi connectivity index (χ4n) is 3.84. The van der Waals surface area contributed by atoms with Crippen molar-refractivity contribution in [2.45, 2.75) is 51.0 Å². The maximum atomic E-state index is 13.1. The van der Waals surface area contributed by atoms with E-state index in [1.165, 1.54) is 4.31 Å². The zero-order valence-electron chi connectivity index (χ0n) is 17.2. The largest absolute Gasteiger partial charge is 0.352 e. The van der Waals surface area contributed by atoms with Crippen LogP contribution >= 0.6 is 0 Å². The Morgan fingerprint density at radius 3 is 2.41 bits per heavy atom. The lowest BCUT2D eigenvalue weighted by Gasteiger charge is -2.38. The van der Waals surface area contributed by atoms with Crippen LogP contribution in [0.25, 0.3) is 0 Å². The fraction of sp³-hybridized carbons (Fsp3) is 0.435. The molecule has 156 valence electrons. The lowest BCUT2D eigenvalue weighted by molar-refractivity contribution is -0.132. The summed E-state index contributed by atoms with van der Waals surface area (Å²) < 4.78 is 27.7. The fourth-order valence-corrected chi connectivity index (χ4v) is 5.44. The Morgan fingerprint density at radius 2 is 1.76 bits per heavy atom. The molecule has 1 saturated heterocycles. The third-order valence-corrected chi connectivity index (χ3v) is 7.46. The molecule has 1 heterocycles. The van der Waals surface area contributed by atoms with Gasteiger partial charge in [0.2, 0.25) is 15.9 Å². The van der Waals surface area contributed by atoms with Crippen LogP contribution in [0.15, 0.2) is 59.5 Å². The number of rotatable bonds is 7. The molecule has 1 aliphatic heterocycles. The minimum Gasteiger partial charge on any atom is -0.352 e. The normalized spacial score (nSPS) is 20.3. The van der Waals surface area contributed by atoms with E-state index >= 15 is 0 Å². The summed E-state index contributed by atoms with van der Waals surface area (Å²) >= 11 is 0. The van der Waals surface area contributed by atoms with E-state index in [9.17, 15) is 13.2 Å². The number of benzene rings is 2. The van der Waals surface area contributed by atoms with Crippen molar-refractivity contribution in [1.82, 2.24) is 9.62 Å². The molecule has 2 aromatic carbocycles. The predicted molar refractivity (Wildman–Crippen MR) is 115 cm³/mol. The molecule has 0 unspecified atom stereocenters. The van der Waals surface area contributed by atoms with Crippen molar-refractivity contribution in [3.63, 3.8) is 0 Å². The molecule has 1 aliphatic rings. The lowest BCUT2D eigenvalue weighted by atomic mass is 9.82. The highest BCUT2D eigenvalue weighted by atomic mass is 32.2. The molecule has 0 radical (unpaired) electrons. The molecule has 0 aliphatic carbocycles. The van der Waals surface area contributed by atoms with Crippen LogP contribution in [-0.2, 0) is 27.8 Å². The third kappa shape index (κ3) is 5.06. The van der Waals surface area contributed by atoms with E-state index in [1.54, 1.807) is 12.1 Å². The minimum absolute atomic E-state index is 0.0976. The highest BCUT2D eigenvalue weighted by molar-refractivity contribution is 7.89. The first-order valence-electron chi connectivity index (χ1n) is 10.3. The van der Waals surface area contributed by atoms with Gasteiger partial charge in [0.25, 0.3) is 0 Å². The van der Waals surface area contributed by atoms with Crippen LogP contribution < -0.4 is 5.32 Å². The highest BCUT2D eigenvalue weighted by Crippen LogP contribution is 2.33. The zero-order chi connectivity index (χ0) is 20.9. The topological polar surface area (TPSA) is 66.5 Å². The van der Waals surface area contributed by atoms with Crippen LogP contribution in [-0.4, -0.2) is 31.7 Å². The summed E-state index contributed by atoms with van der Waals surface area (Å²) in [7, 11) is -3.61.